The lowest BCUT2D eigenvalue weighted by Crippen LogP contribution is -2.05. The summed E-state index contributed by atoms with van der Waals surface area (Å²) >= 11 is 7.65. The van der Waals surface area contributed by atoms with Crippen molar-refractivity contribution >= 4 is 22.9 Å². The molecule has 0 aliphatic carbocycles. The summed E-state index contributed by atoms with van der Waals surface area (Å²) < 4.78 is 1.80. The van der Waals surface area contributed by atoms with Gasteiger partial charge in [0.1, 0.15) is 0 Å². The molecule has 0 bridgehead atoms. The standard InChI is InChI=1S/C12H15ClN2OS/c1-7-6-17-12(11(7)13)10(16)5-9-4-8(2)14-15(9)3/h4,6,10,16H,5H2,1-3H3. The summed E-state index contributed by atoms with van der Waals surface area (Å²) in [6, 6.07) is 1.98. The Bertz CT molecular complexity index is 533. The molecule has 1 unspecified atom stereocenters. The van der Waals surface area contributed by atoms with Crippen molar-refractivity contribution in [2.45, 2.75) is 26.4 Å². The van der Waals surface area contributed by atoms with Crippen molar-refractivity contribution in [2.24, 2.45) is 7.05 Å². The molecule has 0 radical (unpaired) electrons. The highest BCUT2D eigenvalue weighted by Gasteiger charge is 2.17. The lowest BCUT2D eigenvalue weighted by Gasteiger charge is -2.09. The largest absolute Gasteiger partial charge is 0.387 e. The van der Waals surface area contributed by atoms with E-state index in [1.807, 2.05) is 32.3 Å². The van der Waals surface area contributed by atoms with Crippen molar-refractivity contribution in [3.05, 3.63) is 38.3 Å². The van der Waals surface area contributed by atoms with E-state index in [9.17, 15) is 5.11 Å². The van der Waals surface area contributed by atoms with Gasteiger partial charge in [-0.2, -0.15) is 5.10 Å². The van der Waals surface area contributed by atoms with Gasteiger partial charge in [-0.3, -0.25) is 4.68 Å². The van der Waals surface area contributed by atoms with Gasteiger partial charge >= 0.3 is 0 Å². The average molecular weight is 271 g/mol. The van der Waals surface area contributed by atoms with Gasteiger partial charge in [0.25, 0.3) is 0 Å². The van der Waals surface area contributed by atoms with Crippen molar-refractivity contribution in [2.75, 3.05) is 0 Å². The van der Waals surface area contributed by atoms with Gasteiger partial charge < -0.3 is 5.11 Å². The lowest BCUT2D eigenvalue weighted by atomic mass is 10.1. The van der Waals surface area contributed by atoms with Crippen LogP contribution in [0.5, 0.6) is 0 Å². The van der Waals surface area contributed by atoms with Gasteiger partial charge in [-0.15, -0.1) is 11.3 Å². The minimum Gasteiger partial charge on any atom is -0.387 e. The van der Waals surface area contributed by atoms with Gasteiger partial charge in [0, 0.05) is 19.2 Å². The molecule has 0 aliphatic rings. The topological polar surface area (TPSA) is 38.0 Å². The summed E-state index contributed by atoms with van der Waals surface area (Å²) in [5.74, 6) is 0. The second-order valence-electron chi connectivity index (χ2n) is 4.22. The first-order valence-electron chi connectivity index (χ1n) is 5.40. The fraction of sp³-hybridized carbons (Fsp3) is 0.417. The average Bonchev–Trinajstić information content (AvgIpc) is 2.73. The molecule has 0 spiro atoms. The van der Waals surface area contributed by atoms with E-state index in [1.54, 1.807) is 4.68 Å². The van der Waals surface area contributed by atoms with Gasteiger partial charge in [-0.25, -0.2) is 0 Å². The van der Waals surface area contributed by atoms with Crippen LogP contribution in [-0.2, 0) is 13.5 Å². The van der Waals surface area contributed by atoms with Crippen LogP contribution in [-0.4, -0.2) is 14.9 Å². The van der Waals surface area contributed by atoms with Gasteiger partial charge in [-0.1, -0.05) is 11.6 Å². The number of nitrogens with zero attached hydrogens (tertiary/aromatic N) is 2. The molecule has 2 rings (SSSR count). The van der Waals surface area contributed by atoms with Crippen molar-refractivity contribution < 1.29 is 5.11 Å². The van der Waals surface area contributed by atoms with E-state index in [-0.39, 0.29) is 0 Å². The molecule has 2 aromatic rings. The van der Waals surface area contributed by atoms with Crippen LogP contribution in [0.15, 0.2) is 11.4 Å². The number of thiophene rings is 1. The molecule has 1 atom stereocenters. The molecule has 2 heterocycles. The highest BCUT2D eigenvalue weighted by atomic mass is 35.5. The Balaban J connectivity index is 2.19. The van der Waals surface area contributed by atoms with Crippen LogP contribution < -0.4 is 0 Å². The maximum Gasteiger partial charge on any atom is 0.0952 e. The Kier molecular flexibility index (Phi) is 3.56. The predicted molar refractivity (Wildman–Crippen MR) is 70.7 cm³/mol. The molecule has 5 heteroatoms. The van der Waals surface area contributed by atoms with Crippen molar-refractivity contribution in [3.63, 3.8) is 0 Å². The summed E-state index contributed by atoms with van der Waals surface area (Å²) in [6.45, 7) is 3.89. The molecular formula is C12H15ClN2OS. The minimum absolute atomic E-state index is 0.539. The van der Waals surface area contributed by atoms with Crippen LogP contribution in [0, 0.1) is 13.8 Å². The van der Waals surface area contributed by atoms with E-state index in [4.69, 9.17) is 11.6 Å². The first-order chi connectivity index (χ1) is 7.99. The second kappa shape index (κ2) is 4.80. The van der Waals surface area contributed by atoms with E-state index >= 15 is 0 Å². The van der Waals surface area contributed by atoms with Crippen LogP contribution in [0.2, 0.25) is 5.02 Å². The monoisotopic (exact) mass is 270 g/mol. The Labute approximate surface area is 110 Å². The Morgan fingerprint density at radius 1 is 1.53 bits per heavy atom. The van der Waals surface area contributed by atoms with Crippen molar-refractivity contribution in [3.8, 4) is 0 Å². The van der Waals surface area contributed by atoms with E-state index in [0.717, 1.165) is 21.8 Å². The molecule has 2 aromatic heterocycles. The summed E-state index contributed by atoms with van der Waals surface area (Å²) in [5, 5.41) is 17.1. The fourth-order valence-electron chi connectivity index (χ4n) is 1.82. The number of halogens is 1. The van der Waals surface area contributed by atoms with E-state index in [2.05, 4.69) is 5.10 Å². The normalized spacial score (nSPS) is 13.0. The number of rotatable bonds is 3. The smallest absolute Gasteiger partial charge is 0.0952 e. The number of aryl methyl sites for hydroxylation is 3. The zero-order chi connectivity index (χ0) is 12.6. The van der Waals surface area contributed by atoms with E-state index in [0.29, 0.717) is 11.4 Å². The molecule has 0 saturated heterocycles. The quantitative estimate of drug-likeness (QED) is 0.931. The zero-order valence-corrected chi connectivity index (χ0v) is 11.6. The highest BCUT2D eigenvalue weighted by molar-refractivity contribution is 7.10. The molecule has 0 aromatic carbocycles. The summed E-state index contributed by atoms with van der Waals surface area (Å²) in [4.78, 5) is 0.836. The fourth-order valence-corrected chi connectivity index (χ4v) is 3.13. The molecule has 0 aliphatic heterocycles. The summed E-state index contributed by atoms with van der Waals surface area (Å²) in [7, 11) is 1.89. The molecule has 0 saturated carbocycles. The number of aliphatic hydroxyl groups is 1. The molecular weight excluding hydrogens is 256 g/mol. The first kappa shape index (κ1) is 12.6. The maximum absolute atomic E-state index is 10.2. The molecule has 92 valence electrons. The van der Waals surface area contributed by atoms with Gasteiger partial charge in [-0.05, 0) is 30.9 Å². The zero-order valence-electron chi connectivity index (χ0n) is 10.1. The van der Waals surface area contributed by atoms with Crippen molar-refractivity contribution in [1.82, 2.24) is 9.78 Å². The minimum atomic E-state index is -0.559. The number of hydrogen-bond donors (Lipinski definition) is 1. The van der Waals surface area contributed by atoms with Gasteiger partial charge in [0.05, 0.1) is 21.7 Å². The Morgan fingerprint density at radius 2 is 2.24 bits per heavy atom. The van der Waals surface area contributed by atoms with Crippen LogP contribution >= 0.6 is 22.9 Å². The third kappa shape index (κ3) is 2.54. The summed E-state index contributed by atoms with van der Waals surface area (Å²) in [6.07, 6.45) is -0.0206. The van der Waals surface area contributed by atoms with Crippen molar-refractivity contribution in [1.29, 1.82) is 0 Å². The van der Waals surface area contributed by atoms with Crippen LogP contribution in [0.4, 0.5) is 0 Å². The molecule has 1 N–H and O–H groups in total. The maximum atomic E-state index is 10.2. The van der Waals surface area contributed by atoms with Gasteiger partial charge in [0.2, 0.25) is 0 Å². The predicted octanol–water partition coefficient (Wildman–Crippen LogP) is 3.03. The van der Waals surface area contributed by atoms with Crippen LogP contribution in [0.25, 0.3) is 0 Å². The van der Waals surface area contributed by atoms with E-state index in [1.165, 1.54) is 11.3 Å². The number of aliphatic hydroxyl groups excluding tert-OH is 1. The molecule has 17 heavy (non-hydrogen) atoms. The molecule has 0 fully saturated rings. The van der Waals surface area contributed by atoms with Crippen LogP contribution in [0.3, 0.4) is 0 Å². The molecule has 3 nitrogen and oxygen atoms in total. The van der Waals surface area contributed by atoms with Gasteiger partial charge in [0.15, 0.2) is 0 Å². The third-order valence-electron chi connectivity index (χ3n) is 2.73. The number of aromatic nitrogens is 2. The highest BCUT2D eigenvalue weighted by Crippen LogP contribution is 2.33. The first-order valence-corrected chi connectivity index (χ1v) is 6.66. The third-order valence-corrected chi connectivity index (χ3v) is 4.54. The van der Waals surface area contributed by atoms with Crippen LogP contribution in [0.1, 0.15) is 27.9 Å². The Hall–Kier alpha value is -0.840. The SMILES string of the molecule is Cc1cc(CC(O)c2scc(C)c2Cl)n(C)n1. The lowest BCUT2D eigenvalue weighted by molar-refractivity contribution is 0.179. The van der Waals surface area contributed by atoms with E-state index < -0.39 is 6.10 Å². The summed E-state index contributed by atoms with van der Waals surface area (Å²) in [5.41, 5.74) is 2.99. The second-order valence-corrected chi connectivity index (χ2v) is 5.51. The number of hydrogen-bond acceptors (Lipinski definition) is 3. The molecule has 0 amide bonds. The Morgan fingerprint density at radius 3 is 2.71 bits per heavy atom.